The molecule has 0 aliphatic rings. The van der Waals surface area contributed by atoms with Crippen molar-refractivity contribution in [1.29, 1.82) is 0 Å². The van der Waals surface area contributed by atoms with Gasteiger partial charge in [-0.2, -0.15) is 11.8 Å². The third-order valence-corrected chi connectivity index (χ3v) is 3.58. The molecule has 1 atom stereocenters. The van der Waals surface area contributed by atoms with E-state index in [0.717, 1.165) is 5.75 Å². The number of carbonyl (C=O) groups excluding carboxylic acids is 2. The Labute approximate surface area is 129 Å². The van der Waals surface area contributed by atoms with Crippen molar-refractivity contribution in [3.05, 3.63) is 29.8 Å². The number of nitrogens with one attached hydrogen (secondary N) is 2. The molecule has 0 fully saturated rings. The molecule has 0 saturated carbocycles. The highest BCUT2D eigenvalue weighted by molar-refractivity contribution is 7.98. The average Bonchev–Trinajstić information content (AvgIpc) is 2.51. The van der Waals surface area contributed by atoms with E-state index in [1.54, 1.807) is 36.0 Å². The van der Waals surface area contributed by atoms with E-state index in [9.17, 15) is 9.59 Å². The van der Waals surface area contributed by atoms with Gasteiger partial charge in [0.05, 0.1) is 12.7 Å². The average molecular weight is 310 g/mol. The van der Waals surface area contributed by atoms with E-state index in [1.807, 2.05) is 13.2 Å². The van der Waals surface area contributed by atoms with E-state index >= 15 is 0 Å². The fraction of sp³-hybridized carbons (Fsp3) is 0.467. The first-order valence-electron chi connectivity index (χ1n) is 6.84. The van der Waals surface area contributed by atoms with Crippen LogP contribution < -0.4 is 15.4 Å². The van der Waals surface area contributed by atoms with Crippen molar-refractivity contribution in [3.63, 3.8) is 0 Å². The van der Waals surface area contributed by atoms with Crippen LogP contribution in [-0.2, 0) is 4.79 Å². The molecule has 1 aromatic carbocycles. The number of likely N-dealkylation sites (N-methyl/N-ethyl adjacent to an activating group) is 1. The van der Waals surface area contributed by atoms with Gasteiger partial charge in [-0.25, -0.2) is 0 Å². The van der Waals surface area contributed by atoms with Crippen LogP contribution in [0.1, 0.15) is 23.7 Å². The third kappa shape index (κ3) is 5.30. The number of benzene rings is 1. The zero-order valence-corrected chi connectivity index (χ0v) is 13.5. The summed E-state index contributed by atoms with van der Waals surface area (Å²) in [5.74, 6) is 0.836. The van der Waals surface area contributed by atoms with E-state index in [1.165, 1.54) is 7.11 Å². The Balaban J connectivity index is 2.81. The molecule has 0 aliphatic heterocycles. The van der Waals surface area contributed by atoms with Crippen LogP contribution in [0.5, 0.6) is 5.75 Å². The van der Waals surface area contributed by atoms with Gasteiger partial charge in [-0.3, -0.25) is 9.59 Å². The standard InChI is InChI=1S/C15H22N2O3S/c1-4-16-15(19)12(9-10-21-3)17-14(18)11-7-5-6-8-13(11)20-2/h5-8,12H,4,9-10H2,1-3H3,(H,16,19)(H,17,18). The second kappa shape index (κ2) is 9.28. The molecule has 0 aliphatic carbocycles. The topological polar surface area (TPSA) is 67.4 Å². The molecule has 116 valence electrons. The molecule has 0 aromatic heterocycles. The monoisotopic (exact) mass is 310 g/mol. The zero-order chi connectivity index (χ0) is 15.7. The van der Waals surface area contributed by atoms with Crippen LogP contribution >= 0.6 is 11.8 Å². The van der Waals surface area contributed by atoms with Gasteiger partial charge in [-0.05, 0) is 37.5 Å². The summed E-state index contributed by atoms with van der Waals surface area (Å²) >= 11 is 1.64. The number of amides is 2. The molecule has 0 spiro atoms. The summed E-state index contributed by atoms with van der Waals surface area (Å²) in [7, 11) is 1.51. The van der Waals surface area contributed by atoms with Crippen molar-refractivity contribution < 1.29 is 14.3 Å². The lowest BCUT2D eigenvalue weighted by atomic mass is 10.1. The van der Waals surface area contributed by atoms with Gasteiger partial charge in [-0.1, -0.05) is 12.1 Å². The largest absolute Gasteiger partial charge is 0.496 e. The Bertz CT molecular complexity index is 480. The number of thioether (sulfide) groups is 1. The highest BCUT2D eigenvalue weighted by atomic mass is 32.2. The highest BCUT2D eigenvalue weighted by Crippen LogP contribution is 2.17. The summed E-state index contributed by atoms with van der Waals surface area (Å²) in [5.41, 5.74) is 0.429. The molecule has 0 saturated heterocycles. The Morgan fingerprint density at radius 3 is 2.67 bits per heavy atom. The normalized spacial score (nSPS) is 11.6. The molecular weight excluding hydrogens is 288 g/mol. The first kappa shape index (κ1) is 17.4. The zero-order valence-electron chi connectivity index (χ0n) is 12.6. The predicted octanol–water partition coefficient (Wildman–Crippen LogP) is 1.68. The van der Waals surface area contributed by atoms with Crippen molar-refractivity contribution in [2.75, 3.05) is 25.7 Å². The van der Waals surface area contributed by atoms with Crippen molar-refractivity contribution in [2.24, 2.45) is 0 Å². The summed E-state index contributed by atoms with van der Waals surface area (Å²) in [6.07, 6.45) is 2.56. The number of methoxy groups -OCH3 is 1. The number of ether oxygens (including phenoxy) is 1. The van der Waals surface area contributed by atoms with Crippen LogP contribution in [0.4, 0.5) is 0 Å². The Morgan fingerprint density at radius 2 is 2.05 bits per heavy atom. The van der Waals surface area contributed by atoms with Crippen molar-refractivity contribution in [2.45, 2.75) is 19.4 Å². The van der Waals surface area contributed by atoms with Gasteiger partial charge in [0.15, 0.2) is 0 Å². The van der Waals surface area contributed by atoms with Gasteiger partial charge in [0.25, 0.3) is 5.91 Å². The van der Waals surface area contributed by atoms with E-state index in [-0.39, 0.29) is 11.8 Å². The molecule has 1 aromatic rings. The molecule has 0 radical (unpaired) electrons. The lowest BCUT2D eigenvalue weighted by molar-refractivity contribution is -0.122. The maximum atomic E-state index is 12.3. The molecule has 1 rings (SSSR count). The minimum absolute atomic E-state index is 0.158. The third-order valence-electron chi connectivity index (χ3n) is 2.94. The maximum Gasteiger partial charge on any atom is 0.255 e. The molecule has 0 bridgehead atoms. The van der Waals surface area contributed by atoms with Crippen molar-refractivity contribution in [1.82, 2.24) is 10.6 Å². The first-order valence-corrected chi connectivity index (χ1v) is 8.24. The second-order valence-corrected chi connectivity index (χ2v) is 5.39. The number of carbonyl (C=O) groups is 2. The molecule has 2 N–H and O–H groups in total. The molecular formula is C15H22N2O3S. The summed E-state index contributed by atoms with van der Waals surface area (Å²) < 4.78 is 5.17. The quantitative estimate of drug-likeness (QED) is 0.767. The molecule has 5 nitrogen and oxygen atoms in total. The first-order chi connectivity index (χ1) is 10.1. The van der Waals surface area contributed by atoms with Crippen molar-refractivity contribution >= 4 is 23.6 Å². The summed E-state index contributed by atoms with van der Waals surface area (Å²) in [6.45, 7) is 2.39. The van der Waals surface area contributed by atoms with Gasteiger partial charge in [0.1, 0.15) is 11.8 Å². The van der Waals surface area contributed by atoms with E-state index in [4.69, 9.17) is 4.74 Å². The lowest BCUT2D eigenvalue weighted by Gasteiger charge is -2.18. The van der Waals surface area contributed by atoms with E-state index in [0.29, 0.717) is 24.3 Å². The van der Waals surface area contributed by atoms with Crippen LogP contribution in [-0.4, -0.2) is 43.5 Å². The van der Waals surface area contributed by atoms with Gasteiger partial charge in [0, 0.05) is 6.54 Å². The molecule has 0 heterocycles. The highest BCUT2D eigenvalue weighted by Gasteiger charge is 2.21. The van der Waals surface area contributed by atoms with Crippen LogP contribution in [0.25, 0.3) is 0 Å². The number of hydrogen-bond donors (Lipinski definition) is 2. The van der Waals surface area contributed by atoms with E-state index in [2.05, 4.69) is 10.6 Å². The Kier molecular flexibility index (Phi) is 7.68. The lowest BCUT2D eigenvalue weighted by Crippen LogP contribution is -2.47. The maximum absolute atomic E-state index is 12.3. The molecule has 21 heavy (non-hydrogen) atoms. The molecule has 6 heteroatoms. The predicted molar refractivity (Wildman–Crippen MR) is 85.9 cm³/mol. The second-order valence-electron chi connectivity index (χ2n) is 4.40. The molecule has 1 unspecified atom stereocenters. The van der Waals surface area contributed by atoms with Crippen LogP contribution in [0, 0.1) is 0 Å². The number of rotatable bonds is 8. The summed E-state index contributed by atoms with van der Waals surface area (Å²) in [6, 6.07) is 6.43. The van der Waals surface area contributed by atoms with Crippen LogP contribution in [0.3, 0.4) is 0 Å². The Morgan fingerprint density at radius 1 is 1.33 bits per heavy atom. The summed E-state index contributed by atoms with van der Waals surface area (Å²) in [5, 5.41) is 5.53. The fourth-order valence-electron chi connectivity index (χ4n) is 1.87. The number of hydrogen-bond acceptors (Lipinski definition) is 4. The van der Waals surface area contributed by atoms with Gasteiger partial charge >= 0.3 is 0 Å². The van der Waals surface area contributed by atoms with Gasteiger partial charge < -0.3 is 15.4 Å². The fourth-order valence-corrected chi connectivity index (χ4v) is 2.34. The smallest absolute Gasteiger partial charge is 0.255 e. The van der Waals surface area contributed by atoms with Gasteiger partial charge in [0.2, 0.25) is 5.91 Å². The Hall–Kier alpha value is -1.69. The SMILES string of the molecule is CCNC(=O)C(CCSC)NC(=O)c1ccccc1OC. The minimum atomic E-state index is -0.533. The van der Waals surface area contributed by atoms with E-state index < -0.39 is 6.04 Å². The summed E-state index contributed by atoms with van der Waals surface area (Å²) in [4.78, 5) is 24.3. The van der Waals surface area contributed by atoms with Crippen LogP contribution in [0.2, 0.25) is 0 Å². The van der Waals surface area contributed by atoms with Crippen molar-refractivity contribution in [3.8, 4) is 5.75 Å². The minimum Gasteiger partial charge on any atom is -0.496 e. The van der Waals surface area contributed by atoms with Crippen LogP contribution in [0.15, 0.2) is 24.3 Å². The molecule has 2 amide bonds. The number of para-hydroxylation sites is 1. The van der Waals surface area contributed by atoms with Gasteiger partial charge in [-0.15, -0.1) is 0 Å².